The van der Waals surface area contributed by atoms with Gasteiger partial charge in [-0.05, 0) is 25.8 Å². The largest absolute Gasteiger partial charge is 0.436 e. The van der Waals surface area contributed by atoms with Crippen LogP contribution in [0.2, 0.25) is 0 Å². The minimum Gasteiger partial charge on any atom is -0.436 e. The molecule has 0 unspecified atom stereocenters. The normalized spacial score (nSPS) is 18.7. The SMILES string of the molecule is Cc1nc(C)c(C(=O)NCc2cc3n(n2)CCN(C2CCCCC2)C3)o1. The van der Waals surface area contributed by atoms with Crippen LogP contribution in [0.1, 0.15) is 65.6 Å². The Morgan fingerprint density at radius 2 is 2.08 bits per heavy atom. The zero-order valence-corrected chi connectivity index (χ0v) is 15.6. The van der Waals surface area contributed by atoms with Gasteiger partial charge in [0, 0.05) is 26.1 Å². The van der Waals surface area contributed by atoms with E-state index in [0.717, 1.165) is 31.4 Å². The van der Waals surface area contributed by atoms with Gasteiger partial charge in [-0.15, -0.1) is 0 Å². The predicted octanol–water partition coefficient (Wildman–Crippen LogP) is 2.57. The van der Waals surface area contributed by atoms with Gasteiger partial charge in [0.25, 0.3) is 5.91 Å². The van der Waals surface area contributed by atoms with Crippen LogP contribution < -0.4 is 5.32 Å². The first-order valence-corrected chi connectivity index (χ1v) is 9.62. The summed E-state index contributed by atoms with van der Waals surface area (Å²) >= 11 is 0. The number of amides is 1. The van der Waals surface area contributed by atoms with Crippen LogP contribution >= 0.6 is 0 Å². The molecule has 0 aromatic carbocycles. The number of oxazole rings is 1. The first-order valence-electron chi connectivity index (χ1n) is 9.62. The van der Waals surface area contributed by atoms with Crippen molar-refractivity contribution in [3.05, 3.63) is 34.8 Å². The number of fused-ring (bicyclic) bond motifs is 1. The van der Waals surface area contributed by atoms with E-state index in [1.807, 2.05) is 0 Å². The summed E-state index contributed by atoms with van der Waals surface area (Å²) in [5.41, 5.74) is 2.76. The topological polar surface area (TPSA) is 76.2 Å². The van der Waals surface area contributed by atoms with Crippen molar-refractivity contribution in [3.63, 3.8) is 0 Å². The fourth-order valence-corrected chi connectivity index (χ4v) is 4.18. The van der Waals surface area contributed by atoms with E-state index in [-0.39, 0.29) is 11.7 Å². The van der Waals surface area contributed by atoms with Gasteiger partial charge in [-0.3, -0.25) is 14.4 Å². The summed E-state index contributed by atoms with van der Waals surface area (Å²) in [4.78, 5) is 19.0. The molecule has 4 rings (SSSR count). The molecule has 1 aliphatic carbocycles. The van der Waals surface area contributed by atoms with Crippen LogP contribution in [-0.2, 0) is 19.6 Å². The Balaban J connectivity index is 1.37. The van der Waals surface area contributed by atoms with E-state index < -0.39 is 0 Å². The second kappa shape index (κ2) is 7.23. The minimum atomic E-state index is -0.238. The number of rotatable bonds is 4. The Morgan fingerprint density at radius 1 is 1.27 bits per heavy atom. The van der Waals surface area contributed by atoms with Crippen molar-refractivity contribution in [2.45, 2.75) is 71.6 Å². The molecule has 0 radical (unpaired) electrons. The van der Waals surface area contributed by atoms with Crippen molar-refractivity contribution in [1.82, 2.24) is 25.0 Å². The number of aromatic nitrogens is 3. The average molecular weight is 357 g/mol. The van der Waals surface area contributed by atoms with E-state index in [1.54, 1.807) is 13.8 Å². The van der Waals surface area contributed by atoms with Gasteiger partial charge in [0.05, 0.1) is 30.2 Å². The maximum absolute atomic E-state index is 12.3. The fraction of sp³-hybridized carbons (Fsp3) is 0.632. The van der Waals surface area contributed by atoms with Crippen LogP contribution in [0.15, 0.2) is 10.5 Å². The lowest BCUT2D eigenvalue weighted by atomic mass is 9.94. The maximum atomic E-state index is 12.3. The first-order chi connectivity index (χ1) is 12.6. The molecule has 7 nitrogen and oxygen atoms in total. The van der Waals surface area contributed by atoms with Crippen molar-refractivity contribution in [3.8, 4) is 0 Å². The van der Waals surface area contributed by atoms with E-state index in [1.165, 1.54) is 37.8 Å². The second-order valence-electron chi connectivity index (χ2n) is 7.44. The molecule has 140 valence electrons. The van der Waals surface area contributed by atoms with E-state index in [9.17, 15) is 4.79 Å². The molecule has 1 N–H and O–H groups in total. The van der Waals surface area contributed by atoms with Crippen LogP contribution in [0.4, 0.5) is 0 Å². The van der Waals surface area contributed by atoms with Gasteiger partial charge in [0.15, 0.2) is 5.89 Å². The third-order valence-electron chi connectivity index (χ3n) is 5.51. The van der Waals surface area contributed by atoms with Crippen molar-refractivity contribution < 1.29 is 9.21 Å². The van der Waals surface area contributed by atoms with Crippen molar-refractivity contribution >= 4 is 5.91 Å². The van der Waals surface area contributed by atoms with Gasteiger partial charge in [0.2, 0.25) is 5.76 Å². The summed E-state index contributed by atoms with van der Waals surface area (Å²) in [5.74, 6) is 0.556. The molecule has 1 aliphatic heterocycles. The van der Waals surface area contributed by atoms with E-state index in [2.05, 4.69) is 31.0 Å². The standard InChI is InChI=1S/C19H27N5O2/c1-13-18(26-14(2)21-13)19(25)20-11-15-10-17-12-23(8-9-24(17)22-15)16-6-4-3-5-7-16/h10,16H,3-9,11-12H2,1-2H3,(H,20,25). The summed E-state index contributed by atoms with van der Waals surface area (Å²) in [6, 6.07) is 2.85. The van der Waals surface area contributed by atoms with Crippen molar-refractivity contribution in [2.24, 2.45) is 0 Å². The van der Waals surface area contributed by atoms with E-state index >= 15 is 0 Å². The third kappa shape index (κ3) is 3.53. The van der Waals surface area contributed by atoms with Crippen LogP contribution in [-0.4, -0.2) is 38.2 Å². The molecular formula is C19H27N5O2. The quantitative estimate of drug-likeness (QED) is 0.910. The van der Waals surface area contributed by atoms with Gasteiger partial charge in [-0.25, -0.2) is 4.98 Å². The molecule has 2 aliphatic rings. The molecule has 1 saturated carbocycles. The minimum absolute atomic E-state index is 0.238. The Bertz CT molecular complexity index is 788. The number of aryl methyl sites for hydroxylation is 2. The predicted molar refractivity (Wildman–Crippen MR) is 96.7 cm³/mol. The number of hydrogen-bond acceptors (Lipinski definition) is 5. The van der Waals surface area contributed by atoms with Gasteiger partial charge < -0.3 is 9.73 Å². The second-order valence-corrected chi connectivity index (χ2v) is 7.44. The van der Waals surface area contributed by atoms with Crippen molar-refractivity contribution in [2.75, 3.05) is 6.54 Å². The lowest BCUT2D eigenvalue weighted by Crippen LogP contribution is -2.42. The highest BCUT2D eigenvalue weighted by Crippen LogP contribution is 2.26. The third-order valence-corrected chi connectivity index (χ3v) is 5.51. The van der Waals surface area contributed by atoms with E-state index in [0.29, 0.717) is 18.1 Å². The molecule has 3 heterocycles. The molecule has 0 saturated heterocycles. The van der Waals surface area contributed by atoms with Crippen LogP contribution in [0.3, 0.4) is 0 Å². The van der Waals surface area contributed by atoms with Gasteiger partial charge in [-0.2, -0.15) is 5.10 Å². The maximum Gasteiger partial charge on any atom is 0.289 e. The van der Waals surface area contributed by atoms with Gasteiger partial charge in [0.1, 0.15) is 0 Å². The Labute approximate surface area is 153 Å². The van der Waals surface area contributed by atoms with Gasteiger partial charge in [-0.1, -0.05) is 19.3 Å². The van der Waals surface area contributed by atoms with Crippen LogP contribution in [0.5, 0.6) is 0 Å². The molecule has 1 amide bonds. The first kappa shape index (κ1) is 17.3. The van der Waals surface area contributed by atoms with Gasteiger partial charge >= 0.3 is 0 Å². The molecule has 2 aromatic heterocycles. The molecule has 1 fully saturated rings. The zero-order valence-electron chi connectivity index (χ0n) is 15.6. The highest BCUT2D eigenvalue weighted by molar-refractivity contribution is 5.92. The lowest BCUT2D eigenvalue weighted by Gasteiger charge is -2.36. The Hall–Kier alpha value is -2.15. The highest BCUT2D eigenvalue weighted by atomic mass is 16.4. The Kier molecular flexibility index (Phi) is 4.80. The number of hydrogen-bond donors (Lipinski definition) is 1. The summed E-state index contributed by atoms with van der Waals surface area (Å²) in [6.07, 6.45) is 6.76. The fourth-order valence-electron chi connectivity index (χ4n) is 4.18. The average Bonchev–Trinajstić information content (AvgIpc) is 3.21. The molecule has 7 heteroatoms. The summed E-state index contributed by atoms with van der Waals surface area (Å²) in [6.45, 7) is 6.89. The van der Waals surface area contributed by atoms with Crippen LogP contribution in [0, 0.1) is 13.8 Å². The van der Waals surface area contributed by atoms with E-state index in [4.69, 9.17) is 4.42 Å². The molecule has 26 heavy (non-hydrogen) atoms. The summed E-state index contributed by atoms with van der Waals surface area (Å²) in [5, 5.41) is 7.54. The summed E-state index contributed by atoms with van der Waals surface area (Å²) < 4.78 is 7.46. The molecule has 0 bridgehead atoms. The molecule has 0 spiro atoms. The van der Waals surface area contributed by atoms with Crippen LogP contribution in [0.25, 0.3) is 0 Å². The lowest BCUT2D eigenvalue weighted by molar-refractivity contribution is 0.0920. The molecular weight excluding hydrogens is 330 g/mol. The number of nitrogens with zero attached hydrogens (tertiary/aromatic N) is 4. The summed E-state index contributed by atoms with van der Waals surface area (Å²) in [7, 11) is 0. The number of nitrogens with one attached hydrogen (secondary N) is 1. The zero-order chi connectivity index (χ0) is 18.1. The highest BCUT2D eigenvalue weighted by Gasteiger charge is 2.26. The number of carbonyl (C=O) groups excluding carboxylic acids is 1. The number of carbonyl (C=O) groups is 1. The Morgan fingerprint density at radius 3 is 2.81 bits per heavy atom. The smallest absolute Gasteiger partial charge is 0.289 e. The molecule has 2 aromatic rings. The van der Waals surface area contributed by atoms with Crippen molar-refractivity contribution in [1.29, 1.82) is 0 Å². The monoisotopic (exact) mass is 357 g/mol. The molecule has 0 atom stereocenters.